The lowest BCUT2D eigenvalue weighted by Crippen LogP contribution is -2.04. The summed E-state index contributed by atoms with van der Waals surface area (Å²) in [5.74, 6) is -0.996. The largest absolute Gasteiger partial charge is 0.384 e. The second kappa shape index (κ2) is 5.16. The highest BCUT2D eigenvalue weighted by Crippen LogP contribution is 2.31. The molecule has 1 atom stereocenters. The van der Waals surface area contributed by atoms with E-state index in [1.807, 2.05) is 0 Å². The van der Waals surface area contributed by atoms with Gasteiger partial charge in [-0.1, -0.05) is 29.8 Å². The minimum atomic E-state index is -1.20. The number of halogens is 3. The van der Waals surface area contributed by atoms with Crippen molar-refractivity contribution in [1.29, 1.82) is 0 Å². The predicted molar refractivity (Wildman–Crippen MR) is 69.3 cm³/mol. The Kier molecular flexibility index (Phi) is 3.78. The molecule has 0 heterocycles. The number of benzene rings is 2. The molecule has 0 amide bonds. The van der Waals surface area contributed by atoms with Crippen molar-refractivity contribution in [1.82, 2.24) is 0 Å². The highest BCUT2D eigenvalue weighted by Gasteiger charge is 2.19. The fraction of sp³-hybridized carbons (Fsp3) is 0.143. The fourth-order valence-corrected chi connectivity index (χ4v) is 2.25. The van der Waals surface area contributed by atoms with E-state index in [0.29, 0.717) is 5.56 Å². The molecule has 0 aliphatic heterocycles. The minimum absolute atomic E-state index is 0.140. The summed E-state index contributed by atoms with van der Waals surface area (Å²) in [4.78, 5) is 0. The van der Waals surface area contributed by atoms with Gasteiger partial charge in [-0.2, -0.15) is 0 Å². The number of aliphatic hydroxyl groups is 1. The topological polar surface area (TPSA) is 20.2 Å². The number of rotatable bonds is 2. The molecule has 1 N–H and O–H groups in total. The average molecular weight is 313 g/mol. The van der Waals surface area contributed by atoms with Gasteiger partial charge in [-0.25, -0.2) is 8.78 Å². The maximum Gasteiger partial charge on any atom is 0.137 e. The summed E-state index contributed by atoms with van der Waals surface area (Å²) >= 11 is 3.06. The maximum absolute atomic E-state index is 13.7. The van der Waals surface area contributed by atoms with E-state index in [4.69, 9.17) is 0 Å². The summed E-state index contributed by atoms with van der Waals surface area (Å²) in [5, 5.41) is 10.2. The van der Waals surface area contributed by atoms with Gasteiger partial charge in [0.1, 0.15) is 17.7 Å². The molecule has 2 rings (SSSR count). The van der Waals surface area contributed by atoms with Crippen molar-refractivity contribution in [3.63, 3.8) is 0 Å². The Hall–Kier alpha value is -1.26. The Bertz CT molecular complexity index is 582. The lowest BCUT2D eigenvalue weighted by Gasteiger charge is -2.15. The van der Waals surface area contributed by atoms with Gasteiger partial charge in [0.15, 0.2) is 0 Å². The van der Waals surface area contributed by atoms with Crippen LogP contribution in [-0.4, -0.2) is 5.11 Å². The first-order valence-corrected chi connectivity index (χ1v) is 6.18. The van der Waals surface area contributed by atoms with Gasteiger partial charge >= 0.3 is 0 Å². The number of hydrogen-bond donors (Lipinski definition) is 1. The first-order valence-electron chi connectivity index (χ1n) is 5.38. The summed E-state index contributed by atoms with van der Waals surface area (Å²) in [5.41, 5.74) is 1.28. The van der Waals surface area contributed by atoms with Crippen LogP contribution < -0.4 is 0 Å². The minimum Gasteiger partial charge on any atom is -0.384 e. The van der Waals surface area contributed by atoms with Gasteiger partial charge in [0.2, 0.25) is 0 Å². The van der Waals surface area contributed by atoms with E-state index in [1.54, 1.807) is 25.1 Å². The normalized spacial score (nSPS) is 12.5. The lowest BCUT2D eigenvalue weighted by atomic mass is 9.99. The van der Waals surface area contributed by atoms with Crippen LogP contribution >= 0.6 is 15.9 Å². The first kappa shape index (κ1) is 13.2. The molecule has 2 aromatic rings. The van der Waals surface area contributed by atoms with E-state index in [9.17, 15) is 13.9 Å². The van der Waals surface area contributed by atoms with Crippen LogP contribution in [0.1, 0.15) is 22.8 Å². The molecular formula is C14H11BrF2O. The molecule has 0 fully saturated rings. The molecule has 0 aliphatic rings. The number of aliphatic hydroxyl groups excluding tert-OH is 1. The summed E-state index contributed by atoms with van der Waals surface area (Å²) in [6.45, 7) is 1.80. The third-order valence-corrected chi connectivity index (χ3v) is 3.56. The third kappa shape index (κ3) is 2.44. The van der Waals surface area contributed by atoms with Crippen molar-refractivity contribution in [3.8, 4) is 0 Å². The van der Waals surface area contributed by atoms with Crippen molar-refractivity contribution in [2.45, 2.75) is 13.0 Å². The molecule has 18 heavy (non-hydrogen) atoms. The van der Waals surface area contributed by atoms with E-state index in [1.165, 1.54) is 18.2 Å². The Morgan fingerprint density at radius 1 is 1.06 bits per heavy atom. The predicted octanol–water partition coefficient (Wildman–Crippen LogP) is 4.12. The van der Waals surface area contributed by atoms with Crippen LogP contribution in [0.15, 0.2) is 40.9 Å². The Morgan fingerprint density at radius 2 is 1.78 bits per heavy atom. The Labute approximate surface area is 112 Å². The van der Waals surface area contributed by atoms with Crippen LogP contribution in [0.5, 0.6) is 0 Å². The van der Waals surface area contributed by atoms with E-state index in [0.717, 1.165) is 5.56 Å². The standard InChI is InChI=1S/C14H11BrF2O/c1-8-5-6-11(16)10(7-8)14(18)9-3-2-4-12(17)13(9)15/h2-7,14,18H,1H3. The van der Waals surface area contributed by atoms with Gasteiger partial charge in [0, 0.05) is 11.1 Å². The fourth-order valence-electron chi connectivity index (χ4n) is 1.77. The number of hydrogen-bond acceptors (Lipinski definition) is 1. The third-order valence-electron chi connectivity index (χ3n) is 2.72. The zero-order chi connectivity index (χ0) is 13.3. The SMILES string of the molecule is Cc1ccc(F)c(C(O)c2cccc(F)c2Br)c1. The van der Waals surface area contributed by atoms with Crippen LogP contribution in [0, 0.1) is 18.6 Å². The molecule has 0 saturated carbocycles. The van der Waals surface area contributed by atoms with Crippen molar-refractivity contribution >= 4 is 15.9 Å². The summed E-state index contributed by atoms with van der Waals surface area (Å²) in [6, 6.07) is 8.77. The molecule has 0 bridgehead atoms. The highest BCUT2D eigenvalue weighted by atomic mass is 79.9. The van der Waals surface area contributed by atoms with Crippen LogP contribution in [0.2, 0.25) is 0 Å². The molecule has 1 unspecified atom stereocenters. The second-order valence-electron chi connectivity index (χ2n) is 4.07. The van der Waals surface area contributed by atoms with Gasteiger partial charge in [0.05, 0.1) is 4.47 Å². The van der Waals surface area contributed by atoms with Crippen molar-refractivity contribution < 1.29 is 13.9 Å². The van der Waals surface area contributed by atoms with Gasteiger partial charge < -0.3 is 5.11 Å². The van der Waals surface area contributed by atoms with E-state index in [-0.39, 0.29) is 10.0 Å². The first-order chi connectivity index (χ1) is 8.50. The van der Waals surface area contributed by atoms with Gasteiger partial charge in [0.25, 0.3) is 0 Å². The van der Waals surface area contributed by atoms with Gasteiger partial charge in [-0.05, 0) is 35.0 Å². The lowest BCUT2D eigenvalue weighted by molar-refractivity contribution is 0.213. The van der Waals surface area contributed by atoms with Gasteiger partial charge in [-0.15, -0.1) is 0 Å². The monoisotopic (exact) mass is 312 g/mol. The molecular weight excluding hydrogens is 302 g/mol. The van der Waals surface area contributed by atoms with Crippen LogP contribution in [-0.2, 0) is 0 Å². The van der Waals surface area contributed by atoms with E-state index < -0.39 is 17.7 Å². The second-order valence-corrected chi connectivity index (χ2v) is 4.86. The molecule has 4 heteroatoms. The average Bonchev–Trinajstić information content (AvgIpc) is 2.35. The molecule has 0 radical (unpaired) electrons. The Balaban J connectivity index is 2.51. The van der Waals surface area contributed by atoms with Crippen LogP contribution in [0.4, 0.5) is 8.78 Å². The highest BCUT2D eigenvalue weighted by molar-refractivity contribution is 9.10. The van der Waals surface area contributed by atoms with E-state index >= 15 is 0 Å². The van der Waals surface area contributed by atoms with Crippen molar-refractivity contribution in [3.05, 3.63) is 69.2 Å². The molecule has 0 saturated heterocycles. The molecule has 0 aliphatic carbocycles. The molecule has 94 valence electrons. The quantitative estimate of drug-likeness (QED) is 0.884. The molecule has 2 aromatic carbocycles. The summed E-state index contributed by atoms with van der Waals surface area (Å²) < 4.78 is 27.2. The van der Waals surface area contributed by atoms with Gasteiger partial charge in [-0.3, -0.25) is 0 Å². The molecule has 0 aromatic heterocycles. The number of aryl methyl sites for hydroxylation is 1. The molecule has 1 nitrogen and oxygen atoms in total. The van der Waals surface area contributed by atoms with E-state index in [2.05, 4.69) is 15.9 Å². The Morgan fingerprint density at radius 3 is 2.50 bits per heavy atom. The zero-order valence-corrected chi connectivity index (χ0v) is 11.2. The van der Waals surface area contributed by atoms with Crippen LogP contribution in [0.25, 0.3) is 0 Å². The summed E-state index contributed by atoms with van der Waals surface area (Å²) in [7, 11) is 0. The smallest absolute Gasteiger partial charge is 0.137 e. The maximum atomic E-state index is 13.7. The zero-order valence-electron chi connectivity index (χ0n) is 9.62. The van der Waals surface area contributed by atoms with Crippen molar-refractivity contribution in [2.75, 3.05) is 0 Å². The summed E-state index contributed by atoms with van der Waals surface area (Å²) in [6.07, 6.45) is -1.20. The van der Waals surface area contributed by atoms with Crippen molar-refractivity contribution in [2.24, 2.45) is 0 Å². The van der Waals surface area contributed by atoms with Crippen LogP contribution in [0.3, 0.4) is 0 Å². The molecule has 0 spiro atoms.